The molecule has 1 unspecified atom stereocenters. The monoisotopic (exact) mass is 366 g/mol. The zero-order chi connectivity index (χ0) is 16.9. The van der Waals surface area contributed by atoms with Crippen LogP contribution in [0.15, 0.2) is 45.8 Å². The van der Waals surface area contributed by atoms with E-state index in [2.05, 4.69) is 16.3 Å². The lowest BCUT2D eigenvalue weighted by molar-refractivity contribution is 0.139. The summed E-state index contributed by atoms with van der Waals surface area (Å²) in [7, 11) is 3.14. The summed E-state index contributed by atoms with van der Waals surface area (Å²) in [6, 6.07) is 9.68. The average Bonchev–Trinajstić information content (AvgIpc) is 2.62. The lowest BCUT2D eigenvalue weighted by atomic mass is 10.0. The molecule has 1 saturated heterocycles. The van der Waals surface area contributed by atoms with E-state index in [0.717, 1.165) is 30.9 Å². The predicted molar refractivity (Wildman–Crippen MR) is 97.8 cm³/mol. The molecule has 0 saturated carbocycles. The Kier molecular flexibility index (Phi) is 6.87. The number of para-hydroxylation sites is 1. The van der Waals surface area contributed by atoms with E-state index in [0.29, 0.717) is 12.3 Å². The molecule has 1 aromatic carbocycles. The highest BCUT2D eigenvalue weighted by molar-refractivity contribution is 5.85. The maximum absolute atomic E-state index is 11.9. The van der Waals surface area contributed by atoms with Gasteiger partial charge in [-0.15, -0.1) is 12.4 Å². The summed E-state index contributed by atoms with van der Waals surface area (Å²) in [6.45, 7) is 3.13. The molecular weight excluding hydrogens is 344 g/mol. The molecule has 1 aromatic heterocycles. The highest BCUT2D eigenvalue weighted by Gasteiger charge is 2.26. The highest BCUT2D eigenvalue weighted by Crippen LogP contribution is 2.31. The van der Waals surface area contributed by atoms with E-state index in [1.807, 2.05) is 18.2 Å². The Morgan fingerprint density at radius 1 is 1.24 bits per heavy atom. The number of hydrogen-bond donors (Lipinski definition) is 1. The fourth-order valence-corrected chi connectivity index (χ4v) is 3.05. The second-order valence-corrected chi connectivity index (χ2v) is 5.71. The van der Waals surface area contributed by atoms with Gasteiger partial charge >= 0.3 is 0 Å². The van der Waals surface area contributed by atoms with Gasteiger partial charge in [0.1, 0.15) is 17.8 Å². The standard InChI is InChI=1S/C18H22N2O4.ClH/c1-22-17-6-4-3-5-14(17)15-10-19-7-8-20(15)11-13-9-16(21)18(23-2)12-24-13;/h3-6,9,12,15,19H,7-8,10-11H2,1-2H3;1H. The summed E-state index contributed by atoms with van der Waals surface area (Å²) in [5.74, 6) is 1.72. The van der Waals surface area contributed by atoms with Crippen LogP contribution in [0, 0.1) is 0 Å². The second-order valence-electron chi connectivity index (χ2n) is 5.71. The van der Waals surface area contributed by atoms with Crippen molar-refractivity contribution in [3.8, 4) is 11.5 Å². The van der Waals surface area contributed by atoms with Crippen molar-refractivity contribution in [3.05, 3.63) is 58.1 Å². The molecule has 0 aliphatic carbocycles. The minimum absolute atomic E-state index is 0. The first-order valence-electron chi connectivity index (χ1n) is 7.96. The van der Waals surface area contributed by atoms with E-state index in [-0.39, 0.29) is 29.6 Å². The normalized spacial score (nSPS) is 17.6. The first-order valence-corrected chi connectivity index (χ1v) is 7.96. The average molecular weight is 367 g/mol. The Morgan fingerprint density at radius 2 is 2.00 bits per heavy atom. The van der Waals surface area contributed by atoms with E-state index < -0.39 is 0 Å². The zero-order valence-electron chi connectivity index (χ0n) is 14.4. The third-order valence-corrected chi connectivity index (χ3v) is 4.28. The van der Waals surface area contributed by atoms with Crippen molar-refractivity contribution in [1.29, 1.82) is 0 Å². The van der Waals surface area contributed by atoms with Crippen LogP contribution in [0.2, 0.25) is 0 Å². The van der Waals surface area contributed by atoms with Crippen LogP contribution in [-0.2, 0) is 6.54 Å². The number of rotatable bonds is 5. The number of hydrogen-bond acceptors (Lipinski definition) is 6. The van der Waals surface area contributed by atoms with Crippen LogP contribution in [0.25, 0.3) is 0 Å². The third-order valence-electron chi connectivity index (χ3n) is 4.28. The lowest BCUT2D eigenvalue weighted by Gasteiger charge is -2.36. The number of nitrogens with zero attached hydrogens (tertiary/aromatic N) is 1. The summed E-state index contributed by atoms with van der Waals surface area (Å²) in [5, 5.41) is 3.42. The lowest BCUT2D eigenvalue weighted by Crippen LogP contribution is -2.45. The first-order chi connectivity index (χ1) is 11.7. The molecule has 0 spiro atoms. The Labute approximate surface area is 153 Å². The summed E-state index contributed by atoms with van der Waals surface area (Å²) >= 11 is 0. The summed E-state index contributed by atoms with van der Waals surface area (Å²) < 4.78 is 16.0. The van der Waals surface area contributed by atoms with Crippen LogP contribution >= 0.6 is 12.4 Å². The van der Waals surface area contributed by atoms with Crippen LogP contribution in [0.4, 0.5) is 0 Å². The molecule has 1 atom stereocenters. The Morgan fingerprint density at radius 3 is 2.72 bits per heavy atom. The maximum atomic E-state index is 11.9. The fourth-order valence-electron chi connectivity index (χ4n) is 3.05. The van der Waals surface area contributed by atoms with E-state index in [4.69, 9.17) is 13.9 Å². The van der Waals surface area contributed by atoms with Gasteiger partial charge in [0, 0.05) is 31.3 Å². The number of halogens is 1. The van der Waals surface area contributed by atoms with Gasteiger partial charge in [0.15, 0.2) is 0 Å². The minimum atomic E-state index is -0.164. The zero-order valence-corrected chi connectivity index (χ0v) is 15.2. The van der Waals surface area contributed by atoms with Crippen LogP contribution < -0.4 is 20.2 Å². The smallest absolute Gasteiger partial charge is 0.227 e. The molecule has 136 valence electrons. The molecule has 2 heterocycles. The maximum Gasteiger partial charge on any atom is 0.227 e. The molecule has 1 N–H and O–H groups in total. The van der Waals surface area contributed by atoms with E-state index in [1.165, 1.54) is 19.4 Å². The Hall–Kier alpha value is -2.02. The number of methoxy groups -OCH3 is 2. The van der Waals surface area contributed by atoms with Gasteiger partial charge in [0.25, 0.3) is 0 Å². The van der Waals surface area contributed by atoms with Crippen molar-refractivity contribution < 1.29 is 13.9 Å². The molecular formula is C18H23ClN2O4. The molecule has 0 radical (unpaired) electrons. The quantitative estimate of drug-likeness (QED) is 0.875. The SMILES string of the molecule is COc1ccccc1C1CNCCN1Cc1cc(=O)c(OC)co1.Cl. The van der Waals surface area contributed by atoms with Gasteiger partial charge in [-0.2, -0.15) is 0 Å². The number of nitrogens with one attached hydrogen (secondary N) is 1. The van der Waals surface area contributed by atoms with E-state index in [9.17, 15) is 4.79 Å². The van der Waals surface area contributed by atoms with Crippen molar-refractivity contribution in [3.63, 3.8) is 0 Å². The van der Waals surface area contributed by atoms with Gasteiger partial charge in [-0.3, -0.25) is 9.69 Å². The van der Waals surface area contributed by atoms with Crippen LogP contribution in [-0.4, -0.2) is 38.8 Å². The summed E-state index contributed by atoms with van der Waals surface area (Å²) in [6.07, 6.45) is 1.37. The molecule has 3 rings (SSSR count). The molecule has 25 heavy (non-hydrogen) atoms. The van der Waals surface area contributed by atoms with Gasteiger partial charge in [0.2, 0.25) is 11.2 Å². The minimum Gasteiger partial charge on any atom is -0.496 e. The van der Waals surface area contributed by atoms with Crippen molar-refractivity contribution in [2.24, 2.45) is 0 Å². The molecule has 7 heteroatoms. The van der Waals surface area contributed by atoms with Gasteiger partial charge in [-0.25, -0.2) is 0 Å². The second kappa shape index (κ2) is 8.89. The fraction of sp³-hybridized carbons (Fsp3) is 0.389. The van der Waals surface area contributed by atoms with Crippen LogP contribution in [0.1, 0.15) is 17.4 Å². The molecule has 0 amide bonds. The van der Waals surface area contributed by atoms with E-state index >= 15 is 0 Å². The van der Waals surface area contributed by atoms with Crippen molar-refractivity contribution in [1.82, 2.24) is 10.2 Å². The summed E-state index contributed by atoms with van der Waals surface area (Å²) in [5.41, 5.74) is 0.964. The van der Waals surface area contributed by atoms with Crippen LogP contribution in [0.3, 0.4) is 0 Å². The molecule has 1 aliphatic rings. The van der Waals surface area contributed by atoms with Gasteiger partial charge in [-0.1, -0.05) is 18.2 Å². The molecule has 0 bridgehead atoms. The molecule has 6 nitrogen and oxygen atoms in total. The van der Waals surface area contributed by atoms with Gasteiger partial charge in [0.05, 0.1) is 26.8 Å². The Bertz CT molecular complexity index is 750. The molecule has 1 aliphatic heterocycles. The number of ether oxygens (including phenoxy) is 2. The van der Waals surface area contributed by atoms with Crippen molar-refractivity contribution in [2.75, 3.05) is 33.9 Å². The Balaban J connectivity index is 0.00000225. The predicted octanol–water partition coefficient (Wildman–Crippen LogP) is 2.23. The largest absolute Gasteiger partial charge is 0.496 e. The number of piperazine rings is 1. The number of benzene rings is 1. The van der Waals surface area contributed by atoms with Crippen molar-refractivity contribution >= 4 is 12.4 Å². The molecule has 2 aromatic rings. The van der Waals surface area contributed by atoms with Gasteiger partial charge in [-0.05, 0) is 6.07 Å². The van der Waals surface area contributed by atoms with Gasteiger partial charge < -0.3 is 19.2 Å². The molecule has 1 fully saturated rings. The summed E-state index contributed by atoms with van der Waals surface area (Å²) in [4.78, 5) is 14.2. The first kappa shape index (κ1) is 19.3. The third kappa shape index (κ3) is 4.34. The van der Waals surface area contributed by atoms with Crippen LogP contribution in [0.5, 0.6) is 11.5 Å². The van der Waals surface area contributed by atoms with Crippen molar-refractivity contribution in [2.45, 2.75) is 12.6 Å². The van der Waals surface area contributed by atoms with E-state index in [1.54, 1.807) is 7.11 Å². The highest BCUT2D eigenvalue weighted by atomic mass is 35.5. The topological polar surface area (TPSA) is 63.9 Å².